The van der Waals surface area contributed by atoms with Crippen molar-refractivity contribution >= 4 is 11.6 Å². The summed E-state index contributed by atoms with van der Waals surface area (Å²) in [5.74, 6) is 1.29. The molecule has 3 N–H and O–H groups in total. The van der Waals surface area contributed by atoms with Gasteiger partial charge in [0.1, 0.15) is 22.8 Å². The van der Waals surface area contributed by atoms with Crippen molar-refractivity contribution < 1.29 is 9.53 Å². The number of nitrogens with zero attached hydrogens (tertiary/aromatic N) is 3. The number of hydrogen-bond acceptors (Lipinski definition) is 5. The van der Waals surface area contributed by atoms with E-state index in [1.165, 1.54) is 0 Å². The molecule has 2 aromatic carbocycles. The molecule has 156 valence electrons. The number of rotatable bonds is 5. The fraction of sp³-hybridized carbons (Fsp3) is 0.208. The number of aromatic nitrogens is 3. The van der Waals surface area contributed by atoms with Crippen molar-refractivity contribution in [3.8, 4) is 22.8 Å². The maximum atomic E-state index is 12.4. The third-order valence-corrected chi connectivity index (χ3v) is 5.66. The van der Waals surface area contributed by atoms with Gasteiger partial charge in [-0.1, -0.05) is 18.2 Å². The van der Waals surface area contributed by atoms with Crippen LogP contribution in [0.1, 0.15) is 34.8 Å². The first-order valence-corrected chi connectivity index (χ1v) is 10.4. The van der Waals surface area contributed by atoms with Crippen LogP contribution < -0.4 is 15.8 Å². The van der Waals surface area contributed by atoms with E-state index in [4.69, 9.17) is 15.6 Å². The maximum Gasteiger partial charge on any atom is 0.254 e. The number of piperidine rings is 1. The fourth-order valence-electron chi connectivity index (χ4n) is 4.12. The zero-order chi connectivity index (χ0) is 21.2. The number of para-hydroxylation sites is 1. The highest BCUT2D eigenvalue weighted by Crippen LogP contribution is 2.31. The molecule has 1 saturated heterocycles. The standard InChI is InChI=1S/C24H23N5O2/c25-23(30)21-22(17-6-8-19(9-7-17)31-18-4-2-1-3-5-18)28-29-20(12-15-27-24(21)29)16-10-13-26-14-11-16/h1-9,12,15-16,26H,10-11,13-14H2,(H2,25,30). The van der Waals surface area contributed by atoms with Gasteiger partial charge in [-0.05, 0) is 68.4 Å². The van der Waals surface area contributed by atoms with Crippen LogP contribution in [0, 0.1) is 0 Å². The Bertz CT molecular complexity index is 1210. The maximum absolute atomic E-state index is 12.4. The Kier molecular flexibility index (Phi) is 5.09. The van der Waals surface area contributed by atoms with Gasteiger partial charge in [0.2, 0.25) is 0 Å². The molecule has 0 aliphatic carbocycles. The zero-order valence-electron chi connectivity index (χ0n) is 17.0. The van der Waals surface area contributed by atoms with Gasteiger partial charge in [-0.2, -0.15) is 5.10 Å². The highest BCUT2D eigenvalue weighted by Gasteiger charge is 2.25. The molecule has 0 atom stereocenters. The summed E-state index contributed by atoms with van der Waals surface area (Å²) in [6, 6.07) is 19.1. The Balaban J connectivity index is 1.54. The van der Waals surface area contributed by atoms with Crippen LogP contribution in [0.2, 0.25) is 0 Å². The second-order valence-electron chi connectivity index (χ2n) is 7.66. The molecular weight excluding hydrogens is 390 g/mol. The van der Waals surface area contributed by atoms with E-state index in [0.717, 1.165) is 42.9 Å². The molecule has 0 saturated carbocycles. The molecule has 7 heteroatoms. The SMILES string of the molecule is NC(=O)c1c(-c2ccc(Oc3ccccc3)cc2)nn2c(C3CCNCC3)ccnc12. The minimum absolute atomic E-state index is 0.340. The monoisotopic (exact) mass is 413 g/mol. The van der Waals surface area contributed by atoms with Gasteiger partial charge < -0.3 is 15.8 Å². The number of ether oxygens (including phenoxy) is 1. The molecule has 0 unspecified atom stereocenters. The first kappa shape index (κ1) is 19.3. The Morgan fingerprint density at radius 1 is 1.00 bits per heavy atom. The average Bonchev–Trinajstić information content (AvgIpc) is 3.21. The normalized spacial score (nSPS) is 14.6. The van der Waals surface area contributed by atoms with Crippen LogP contribution in [0.5, 0.6) is 11.5 Å². The van der Waals surface area contributed by atoms with Gasteiger partial charge >= 0.3 is 0 Å². The molecule has 0 radical (unpaired) electrons. The first-order valence-electron chi connectivity index (χ1n) is 10.4. The highest BCUT2D eigenvalue weighted by atomic mass is 16.5. The summed E-state index contributed by atoms with van der Waals surface area (Å²) >= 11 is 0. The number of fused-ring (bicyclic) bond motifs is 1. The second-order valence-corrected chi connectivity index (χ2v) is 7.66. The van der Waals surface area contributed by atoms with Crippen LogP contribution in [0.4, 0.5) is 0 Å². The van der Waals surface area contributed by atoms with Crippen molar-refractivity contribution in [1.82, 2.24) is 19.9 Å². The topological polar surface area (TPSA) is 94.5 Å². The molecule has 4 aromatic rings. The number of carbonyl (C=O) groups excluding carboxylic acids is 1. The third kappa shape index (κ3) is 3.75. The molecular formula is C24H23N5O2. The van der Waals surface area contributed by atoms with E-state index in [1.807, 2.05) is 60.7 Å². The quantitative estimate of drug-likeness (QED) is 0.520. The van der Waals surface area contributed by atoms with Gasteiger partial charge in [0, 0.05) is 23.4 Å². The van der Waals surface area contributed by atoms with Crippen molar-refractivity contribution in [2.24, 2.45) is 5.73 Å². The molecule has 31 heavy (non-hydrogen) atoms. The summed E-state index contributed by atoms with van der Waals surface area (Å²) in [4.78, 5) is 16.8. The van der Waals surface area contributed by atoms with Gasteiger partial charge in [-0.25, -0.2) is 9.50 Å². The molecule has 0 bridgehead atoms. The van der Waals surface area contributed by atoms with Gasteiger partial charge in [-0.3, -0.25) is 4.79 Å². The molecule has 2 aromatic heterocycles. The predicted molar refractivity (Wildman–Crippen MR) is 118 cm³/mol. The van der Waals surface area contributed by atoms with Gasteiger partial charge in [0.05, 0.1) is 0 Å². The lowest BCUT2D eigenvalue weighted by Gasteiger charge is -2.23. The van der Waals surface area contributed by atoms with Crippen LogP contribution in [0.25, 0.3) is 16.9 Å². The van der Waals surface area contributed by atoms with Crippen LogP contribution in [-0.2, 0) is 0 Å². The number of amides is 1. The Labute approximate surface area is 179 Å². The Hall–Kier alpha value is -3.71. The van der Waals surface area contributed by atoms with E-state index in [2.05, 4.69) is 10.3 Å². The minimum atomic E-state index is -0.537. The van der Waals surface area contributed by atoms with Crippen molar-refractivity contribution in [3.63, 3.8) is 0 Å². The second kappa shape index (κ2) is 8.20. The molecule has 1 aliphatic rings. The molecule has 1 fully saturated rings. The minimum Gasteiger partial charge on any atom is -0.457 e. The highest BCUT2D eigenvalue weighted by molar-refractivity contribution is 6.04. The van der Waals surface area contributed by atoms with Gasteiger partial charge in [-0.15, -0.1) is 0 Å². The number of carbonyl (C=O) groups is 1. The van der Waals surface area contributed by atoms with E-state index in [-0.39, 0.29) is 0 Å². The summed E-state index contributed by atoms with van der Waals surface area (Å²) in [7, 11) is 0. The van der Waals surface area contributed by atoms with Gasteiger partial charge in [0.15, 0.2) is 5.65 Å². The Morgan fingerprint density at radius 2 is 1.71 bits per heavy atom. The molecule has 0 spiro atoms. The molecule has 3 heterocycles. The van der Waals surface area contributed by atoms with Crippen LogP contribution in [0.3, 0.4) is 0 Å². The van der Waals surface area contributed by atoms with E-state index < -0.39 is 5.91 Å². The van der Waals surface area contributed by atoms with Crippen LogP contribution >= 0.6 is 0 Å². The summed E-state index contributed by atoms with van der Waals surface area (Å²) < 4.78 is 7.66. The van der Waals surface area contributed by atoms with Crippen LogP contribution in [0.15, 0.2) is 66.9 Å². The number of nitrogens with one attached hydrogen (secondary N) is 1. The lowest BCUT2D eigenvalue weighted by molar-refractivity contribution is 0.100. The predicted octanol–water partition coefficient (Wildman–Crippen LogP) is 3.75. The summed E-state index contributed by atoms with van der Waals surface area (Å²) in [5, 5.41) is 8.17. The first-order chi connectivity index (χ1) is 15.2. The third-order valence-electron chi connectivity index (χ3n) is 5.66. The van der Waals surface area contributed by atoms with Crippen molar-refractivity contribution in [3.05, 3.63) is 78.1 Å². The number of nitrogens with two attached hydrogens (primary N) is 1. The summed E-state index contributed by atoms with van der Waals surface area (Å²) in [6.07, 6.45) is 3.78. The van der Waals surface area contributed by atoms with E-state index in [9.17, 15) is 4.79 Å². The summed E-state index contributed by atoms with van der Waals surface area (Å²) in [6.45, 7) is 1.93. The molecule has 1 amide bonds. The van der Waals surface area contributed by atoms with Crippen LogP contribution in [-0.4, -0.2) is 33.6 Å². The van der Waals surface area contributed by atoms with E-state index >= 15 is 0 Å². The zero-order valence-corrected chi connectivity index (χ0v) is 17.0. The smallest absolute Gasteiger partial charge is 0.254 e. The van der Waals surface area contributed by atoms with E-state index in [1.54, 1.807) is 10.7 Å². The lowest BCUT2D eigenvalue weighted by atomic mass is 9.94. The molecule has 7 nitrogen and oxygen atoms in total. The Morgan fingerprint density at radius 3 is 2.42 bits per heavy atom. The van der Waals surface area contributed by atoms with E-state index in [0.29, 0.717) is 28.6 Å². The van der Waals surface area contributed by atoms with Crippen molar-refractivity contribution in [2.75, 3.05) is 13.1 Å². The fourth-order valence-corrected chi connectivity index (χ4v) is 4.12. The van der Waals surface area contributed by atoms with Crippen molar-refractivity contribution in [2.45, 2.75) is 18.8 Å². The van der Waals surface area contributed by atoms with Gasteiger partial charge in [0.25, 0.3) is 5.91 Å². The largest absolute Gasteiger partial charge is 0.457 e. The molecule has 5 rings (SSSR count). The number of primary amides is 1. The molecule has 1 aliphatic heterocycles. The number of hydrogen-bond donors (Lipinski definition) is 2. The van der Waals surface area contributed by atoms with Crippen molar-refractivity contribution in [1.29, 1.82) is 0 Å². The lowest BCUT2D eigenvalue weighted by Crippen LogP contribution is -2.27. The summed E-state index contributed by atoms with van der Waals surface area (Å²) in [5.41, 5.74) is 8.98. The average molecular weight is 413 g/mol. The number of benzene rings is 2.